The van der Waals surface area contributed by atoms with E-state index in [-0.39, 0.29) is 24.3 Å². The Morgan fingerprint density at radius 3 is 2.62 bits per heavy atom. The van der Waals surface area contributed by atoms with E-state index in [0.717, 1.165) is 12.8 Å². The van der Waals surface area contributed by atoms with Gasteiger partial charge >= 0.3 is 0 Å². The van der Waals surface area contributed by atoms with Crippen LogP contribution in [0.25, 0.3) is 0 Å². The zero-order valence-electron chi connectivity index (χ0n) is 14.3. The zero-order chi connectivity index (χ0) is 17.5. The van der Waals surface area contributed by atoms with Crippen molar-refractivity contribution in [1.29, 1.82) is 0 Å². The number of carbonyl (C=O) groups is 2. The van der Waals surface area contributed by atoms with E-state index in [1.807, 2.05) is 0 Å². The molecule has 0 radical (unpaired) electrons. The molecular weight excluding hydrogens is 328 g/mol. The van der Waals surface area contributed by atoms with Crippen molar-refractivity contribution in [3.05, 3.63) is 23.2 Å². The molecule has 2 amide bonds. The molecule has 1 aromatic carbocycles. The molecule has 0 spiro atoms. The third-order valence-corrected chi connectivity index (χ3v) is 4.58. The smallest absolute Gasteiger partial charge is 0.223 e. The molecule has 2 rings (SSSR count). The first-order valence-corrected chi connectivity index (χ1v) is 8.80. The molecule has 1 aromatic rings. The van der Waals surface area contributed by atoms with Crippen LogP contribution in [0.3, 0.4) is 0 Å². The Kier molecular flexibility index (Phi) is 6.91. The van der Waals surface area contributed by atoms with Crippen LogP contribution in [0.5, 0.6) is 5.75 Å². The lowest BCUT2D eigenvalue weighted by molar-refractivity contribution is -0.121. The Bertz CT molecular complexity index is 586. The predicted octanol–water partition coefficient (Wildman–Crippen LogP) is 3.54. The molecule has 6 heteroatoms. The number of halogens is 1. The predicted molar refractivity (Wildman–Crippen MR) is 95.7 cm³/mol. The zero-order valence-corrected chi connectivity index (χ0v) is 15.1. The third kappa shape index (κ3) is 5.13. The lowest BCUT2D eigenvalue weighted by Crippen LogP contribution is -2.39. The third-order valence-electron chi connectivity index (χ3n) is 4.34. The van der Waals surface area contributed by atoms with Crippen molar-refractivity contribution < 1.29 is 14.3 Å². The average molecular weight is 353 g/mol. The number of ether oxygens (including phenoxy) is 1. The van der Waals surface area contributed by atoms with Crippen molar-refractivity contribution in [3.63, 3.8) is 0 Å². The summed E-state index contributed by atoms with van der Waals surface area (Å²) in [6.45, 7) is 1.77. The molecule has 1 saturated carbocycles. The summed E-state index contributed by atoms with van der Waals surface area (Å²) in [7, 11) is 1.54. The maximum absolute atomic E-state index is 12.2. The maximum atomic E-state index is 12.2. The summed E-state index contributed by atoms with van der Waals surface area (Å²) >= 11 is 6.04. The van der Waals surface area contributed by atoms with Gasteiger partial charge in [-0.15, -0.1) is 0 Å². The number of nitrogens with zero attached hydrogens (tertiary/aromatic N) is 1. The highest BCUT2D eigenvalue weighted by atomic mass is 35.5. The van der Waals surface area contributed by atoms with Crippen LogP contribution in [0.15, 0.2) is 18.2 Å². The van der Waals surface area contributed by atoms with Gasteiger partial charge in [0.05, 0.1) is 12.8 Å². The number of amides is 2. The minimum Gasteiger partial charge on any atom is -0.495 e. The molecule has 0 aliphatic heterocycles. The minimum atomic E-state index is -0.152. The van der Waals surface area contributed by atoms with E-state index < -0.39 is 0 Å². The molecule has 1 N–H and O–H groups in total. The number of methoxy groups -OCH3 is 1. The Morgan fingerprint density at radius 1 is 1.29 bits per heavy atom. The Morgan fingerprint density at radius 2 is 2.00 bits per heavy atom. The van der Waals surface area contributed by atoms with Crippen LogP contribution in [-0.2, 0) is 9.59 Å². The fourth-order valence-electron chi connectivity index (χ4n) is 3.08. The molecule has 0 bridgehead atoms. The largest absolute Gasteiger partial charge is 0.495 e. The van der Waals surface area contributed by atoms with Gasteiger partial charge in [0.1, 0.15) is 5.75 Å². The van der Waals surface area contributed by atoms with E-state index in [2.05, 4.69) is 5.32 Å². The van der Waals surface area contributed by atoms with E-state index in [4.69, 9.17) is 16.3 Å². The normalized spacial score (nSPS) is 15.0. The molecule has 1 aliphatic rings. The quantitative estimate of drug-likeness (QED) is 0.851. The van der Waals surface area contributed by atoms with Gasteiger partial charge in [0, 0.05) is 31.0 Å². The van der Waals surface area contributed by atoms with Crippen LogP contribution in [0.2, 0.25) is 5.02 Å². The van der Waals surface area contributed by atoms with Crippen LogP contribution < -0.4 is 15.0 Å². The summed E-state index contributed by atoms with van der Waals surface area (Å²) < 4.78 is 5.31. The second-order valence-corrected chi connectivity index (χ2v) is 6.58. The number of carbonyl (C=O) groups excluding carboxylic acids is 2. The van der Waals surface area contributed by atoms with E-state index in [9.17, 15) is 9.59 Å². The number of rotatable bonds is 6. The highest BCUT2D eigenvalue weighted by Gasteiger charge is 2.20. The van der Waals surface area contributed by atoms with E-state index in [1.165, 1.54) is 31.1 Å². The number of hydrogen-bond acceptors (Lipinski definition) is 3. The topological polar surface area (TPSA) is 58.6 Å². The molecule has 0 aromatic heterocycles. The first-order chi connectivity index (χ1) is 11.5. The molecule has 1 fully saturated rings. The van der Waals surface area contributed by atoms with Crippen molar-refractivity contribution in [1.82, 2.24) is 5.32 Å². The first kappa shape index (κ1) is 18.6. The number of hydrogen-bond donors (Lipinski definition) is 1. The molecule has 0 saturated heterocycles. The SMILES string of the molecule is COc1ccc(Cl)cc1N(CCC(=O)NC1CCCCC1)C(C)=O. The summed E-state index contributed by atoms with van der Waals surface area (Å²) in [5.74, 6) is 0.387. The second-order valence-electron chi connectivity index (χ2n) is 6.14. The lowest BCUT2D eigenvalue weighted by atomic mass is 9.95. The van der Waals surface area contributed by atoms with Gasteiger partial charge in [0.15, 0.2) is 0 Å². The van der Waals surface area contributed by atoms with Gasteiger partial charge in [-0.3, -0.25) is 9.59 Å². The Hall–Kier alpha value is -1.75. The highest BCUT2D eigenvalue weighted by Crippen LogP contribution is 2.31. The van der Waals surface area contributed by atoms with Gasteiger partial charge in [-0.05, 0) is 31.0 Å². The van der Waals surface area contributed by atoms with Gasteiger partial charge < -0.3 is 15.0 Å². The highest BCUT2D eigenvalue weighted by molar-refractivity contribution is 6.31. The second kappa shape index (κ2) is 8.92. The van der Waals surface area contributed by atoms with Gasteiger partial charge in [0.25, 0.3) is 0 Å². The summed E-state index contributed by atoms with van der Waals surface area (Å²) in [6.07, 6.45) is 5.94. The maximum Gasteiger partial charge on any atom is 0.223 e. The van der Waals surface area contributed by atoms with Crippen LogP contribution >= 0.6 is 11.6 Å². The minimum absolute atomic E-state index is 0.0193. The molecule has 1 aliphatic carbocycles. The number of anilines is 1. The van der Waals surface area contributed by atoms with Crippen molar-refractivity contribution in [2.75, 3.05) is 18.6 Å². The van der Waals surface area contributed by atoms with E-state index in [0.29, 0.717) is 23.0 Å². The van der Waals surface area contributed by atoms with Crippen LogP contribution in [-0.4, -0.2) is 31.5 Å². The molecule has 5 nitrogen and oxygen atoms in total. The first-order valence-electron chi connectivity index (χ1n) is 8.42. The van der Waals surface area contributed by atoms with E-state index >= 15 is 0 Å². The summed E-state index contributed by atoms with van der Waals surface area (Å²) in [5.41, 5.74) is 0.586. The molecule has 0 unspecified atom stereocenters. The number of benzene rings is 1. The molecule has 132 valence electrons. The summed E-state index contributed by atoms with van der Waals surface area (Å²) in [4.78, 5) is 25.7. The van der Waals surface area contributed by atoms with Crippen molar-refractivity contribution >= 4 is 29.1 Å². The van der Waals surface area contributed by atoms with Crippen molar-refractivity contribution in [3.8, 4) is 5.75 Å². The van der Waals surface area contributed by atoms with Crippen molar-refractivity contribution in [2.24, 2.45) is 0 Å². The van der Waals surface area contributed by atoms with Gasteiger partial charge in [0.2, 0.25) is 11.8 Å². The van der Waals surface area contributed by atoms with Gasteiger partial charge in [-0.2, -0.15) is 0 Å². The summed E-state index contributed by atoms with van der Waals surface area (Å²) in [5, 5.41) is 3.59. The molecule has 0 atom stereocenters. The lowest BCUT2D eigenvalue weighted by Gasteiger charge is -2.25. The van der Waals surface area contributed by atoms with Crippen LogP contribution in [0, 0.1) is 0 Å². The van der Waals surface area contributed by atoms with Crippen LogP contribution in [0.4, 0.5) is 5.69 Å². The van der Waals surface area contributed by atoms with E-state index in [1.54, 1.807) is 25.3 Å². The molecule has 0 heterocycles. The molecular formula is C18H25ClN2O3. The fourth-order valence-corrected chi connectivity index (χ4v) is 3.25. The Balaban J connectivity index is 2.00. The molecule has 24 heavy (non-hydrogen) atoms. The average Bonchev–Trinajstić information content (AvgIpc) is 2.56. The fraction of sp³-hybridized carbons (Fsp3) is 0.556. The van der Waals surface area contributed by atoms with Crippen LogP contribution in [0.1, 0.15) is 45.4 Å². The Labute approximate surface area is 148 Å². The van der Waals surface area contributed by atoms with Crippen molar-refractivity contribution in [2.45, 2.75) is 51.5 Å². The van der Waals surface area contributed by atoms with Gasteiger partial charge in [-0.25, -0.2) is 0 Å². The standard InChI is InChI=1S/C18H25ClN2O3/c1-13(22)21(16-12-14(19)8-9-17(16)24-2)11-10-18(23)20-15-6-4-3-5-7-15/h8-9,12,15H,3-7,10-11H2,1-2H3,(H,20,23). The number of nitrogens with one attached hydrogen (secondary N) is 1. The monoisotopic (exact) mass is 352 g/mol. The summed E-state index contributed by atoms with van der Waals surface area (Å²) in [6, 6.07) is 5.38. The van der Waals surface area contributed by atoms with Gasteiger partial charge in [-0.1, -0.05) is 30.9 Å².